The molecule has 0 saturated carbocycles. The van der Waals surface area contributed by atoms with Gasteiger partial charge in [0.2, 0.25) is 11.8 Å². The molecule has 0 spiro atoms. The molecule has 6 nitrogen and oxygen atoms in total. The van der Waals surface area contributed by atoms with Gasteiger partial charge < -0.3 is 9.73 Å². The number of carbonyl (C=O) groups excluding carboxylic acids is 2. The fourth-order valence-electron chi connectivity index (χ4n) is 2.09. The van der Waals surface area contributed by atoms with Crippen LogP contribution in [0.4, 0.5) is 11.7 Å². The summed E-state index contributed by atoms with van der Waals surface area (Å²) >= 11 is 7.21. The molecule has 0 fully saturated rings. The van der Waals surface area contributed by atoms with Crippen LogP contribution in [-0.2, 0) is 9.59 Å². The summed E-state index contributed by atoms with van der Waals surface area (Å²) in [5, 5.41) is 5.94. The lowest BCUT2D eigenvalue weighted by atomic mass is 10.3. The Hall–Kier alpha value is -2.51. The second-order valence-corrected chi connectivity index (χ2v) is 6.66. The van der Waals surface area contributed by atoms with Crippen LogP contribution in [0.25, 0.3) is 11.1 Å². The standard InChI is InChI=1S/C17H14ClN3O3S/c1-10(22)19-12-4-7-14-15(8-12)24-17(20-14)21-16(23)9-25-13-5-2-11(18)3-6-13/h2-8H,9H2,1H3,(H,19,22)(H,20,21,23). The van der Waals surface area contributed by atoms with E-state index in [9.17, 15) is 9.59 Å². The second kappa shape index (κ2) is 7.58. The third-order valence-electron chi connectivity index (χ3n) is 3.14. The van der Waals surface area contributed by atoms with Gasteiger partial charge in [-0.1, -0.05) is 11.6 Å². The van der Waals surface area contributed by atoms with Gasteiger partial charge in [0.1, 0.15) is 5.52 Å². The highest BCUT2D eigenvalue weighted by atomic mass is 35.5. The Kier molecular flexibility index (Phi) is 5.25. The highest BCUT2D eigenvalue weighted by Crippen LogP contribution is 2.24. The zero-order chi connectivity index (χ0) is 17.8. The highest BCUT2D eigenvalue weighted by Gasteiger charge is 2.11. The zero-order valence-electron chi connectivity index (χ0n) is 13.2. The maximum absolute atomic E-state index is 12.0. The van der Waals surface area contributed by atoms with Crippen molar-refractivity contribution in [3.05, 3.63) is 47.5 Å². The van der Waals surface area contributed by atoms with Crippen molar-refractivity contribution in [2.75, 3.05) is 16.4 Å². The number of thioether (sulfide) groups is 1. The van der Waals surface area contributed by atoms with E-state index in [0.29, 0.717) is 21.8 Å². The SMILES string of the molecule is CC(=O)Nc1ccc2nc(NC(=O)CSc3ccc(Cl)cc3)oc2c1. The molecule has 2 N–H and O–H groups in total. The molecule has 0 bridgehead atoms. The van der Waals surface area contributed by atoms with E-state index >= 15 is 0 Å². The van der Waals surface area contributed by atoms with E-state index < -0.39 is 0 Å². The van der Waals surface area contributed by atoms with Crippen molar-refractivity contribution in [3.63, 3.8) is 0 Å². The minimum atomic E-state index is -0.228. The Morgan fingerprint density at radius 1 is 1.16 bits per heavy atom. The molecule has 1 heterocycles. The smallest absolute Gasteiger partial charge is 0.302 e. The van der Waals surface area contributed by atoms with Crippen molar-refractivity contribution >= 4 is 58.0 Å². The molecule has 0 aliphatic carbocycles. The van der Waals surface area contributed by atoms with Crippen molar-refractivity contribution in [3.8, 4) is 0 Å². The quantitative estimate of drug-likeness (QED) is 0.654. The van der Waals surface area contributed by atoms with Crippen LogP contribution in [0.15, 0.2) is 51.8 Å². The molecule has 2 amide bonds. The van der Waals surface area contributed by atoms with Crippen molar-refractivity contribution in [1.29, 1.82) is 0 Å². The third-order valence-corrected chi connectivity index (χ3v) is 4.40. The fraction of sp³-hybridized carbons (Fsp3) is 0.118. The molecule has 3 aromatic rings. The van der Waals surface area contributed by atoms with Crippen molar-refractivity contribution in [2.24, 2.45) is 0 Å². The number of oxazole rings is 1. The Morgan fingerprint density at radius 3 is 2.64 bits per heavy atom. The molecular formula is C17H14ClN3O3S. The van der Waals surface area contributed by atoms with Crippen LogP contribution in [0.5, 0.6) is 0 Å². The van der Waals surface area contributed by atoms with Gasteiger partial charge in [0.15, 0.2) is 5.58 Å². The number of amides is 2. The van der Waals surface area contributed by atoms with E-state index in [1.54, 1.807) is 30.3 Å². The maximum atomic E-state index is 12.0. The molecule has 0 unspecified atom stereocenters. The van der Waals surface area contributed by atoms with Gasteiger partial charge in [-0.15, -0.1) is 11.8 Å². The lowest BCUT2D eigenvalue weighted by Crippen LogP contribution is -2.14. The van der Waals surface area contributed by atoms with E-state index in [1.807, 2.05) is 12.1 Å². The van der Waals surface area contributed by atoms with E-state index in [-0.39, 0.29) is 23.6 Å². The first-order chi connectivity index (χ1) is 12.0. The minimum absolute atomic E-state index is 0.122. The Bertz CT molecular complexity index is 925. The summed E-state index contributed by atoms with van der Waals surface area (Å²) in [6, 6.07) is 12.5. The molecule has 0 saturated heterocycles. The molecule has 0 aliphatic heterocycles. The molecule has 0 atom stereocenters. The summed E-state index contributed by atoms with van der Waals surface area (Å²) in [6.45, 7) is 1.43. The van der Waals surface area contributed by atoms with Gasteiger partial charge in [-0.3, -0.25) is 14.9 Å². The van der Waals surface area contributed by atoms with Gasteiger partial charge in [-0.25, -0.2) is 0 Å². The number of hydrogen-bond donors (Lipinski definition) is 2. The Morgan fingerprint density at radius 2 is 1.92 bits per heavy atom. The van der Waals surface area contributed by atoms with Crippen molar-refractivity contribution in [2.45, 2.75) is 11.8 Å². The first-order valence-corrected chi connectivity index (χ1v) is 8.72. The Labute approximate surface area is 152 Å². The first kappa shape index (κ1) is 17.3. The summed E-state index contributed by atoms with van der Waals surface area (Å²) in [5.74, 6) is -0.183. The minimum Gasteiger partial charge on any atom is -0.423 e. The lowest BCUT2D eigenvalue weighted by molar-refractivity contribution is -0.114. The van der Waals surface area contributed by atoms with Gasteiger partial charge in [0.05, 0.1) is 5.75 Å². The van der Waals surface area contributed by atoms with Crippen LogP contribution in [0, 0.1) is 0 Å². The van der Waals surface area contributed by atoms with Crippen molar-refractivity contribution in [1.82, 2.24) is 4.98 Å². The van der Waals surface area contributed by atoms with Gasteiger partial charge in [-0.05, 0) is 36.4 Å². The van der Waals surface area contributed by atoms with Crippen LogP contribution in [0.2, 0.25) is 5.02 Å². The number of rotatable bonds is 5. The molecule has 1 aromatic heterocycles. The number of aromatic nitrogens is 1. The third kappa shape index (κ3) is 4.74. The molecule has 0 radical (unpaired) electrons. The number of fused-ring (bicyclic) bond motifs is 1. The highest BCUT2D eigenvalue weighted by molar-refractivity contribution is 8.00. The van der Waals surface area contributed by atoms with E-state index in [2.05, 4.69) is 15.6 Å². The normalized spacial score (nSPS) is 10.6. The van der Waals surface area contributed by atoms with Gasteiger partial charge in [0, 0.05) is 28.6 Å². The molecule has 3 rings (SSSR count). The summed E-state index contributed by atoms with van der Waals surface area (Å²) in [4.78, 5) is 28.3. The number of hydrogen-bond acceptors (Lipinski definition) is 5. The molecule has 8 heteroatoms. The van der Waals surface area contributed by atoms with Crippen LogP contribution >= 0.6 is 23.4 Å². The number of benzene rings is 2. The first-order valence-electron chi connectivity index (χ1n) is 7.36. The van der Waals surface area contributed by atoms with Gasteiger partial charge in [-0.2, -0.15) is 4.98 Å². The average Bonchev–Trinajstić information content (AvgIpc) is 2.95. The number of anilines is 2. The topological polar surface area (TPSA) is 84.2 Å². The second-order valence-electron chi connectivity index (χ2n) is 5.17. The van der Waals surface area contributed by atoms with Crippen LogP contribution in [0.1, 0.15) is 6.92 Å². The fourth-order valence-corrected chi connectivity index (χ4v) is 2.92. The maximum Gasteiger partial charge on any atom is 0.302 e. The summed E-state index contributed by atoms with van der Waals surface area (Å²) in [6.07, 6.45) is 0. The van der Waals surface area contributed by atoms with Crippen LogP contribution in [0.3, 0.4) is 0 Å². The predicted molar refractivity (Wildman–Crippen MR) is 99.1 cm³/mol. The molecular weight excluding hydrogens is 362 g/mol. The van der Waals surface area contributed by atoms with Crippen LogP contribution in [-0.4, -0.2) is 22.6 Å². The zero-order valence-corrected chi connectivity index (χ0v) is 14.8. The van der Waals surface area contributed by atoms with Crippen molar-refractivity contribution < 1.29 is 14.0 Å². The van der Waals surface area contributed by atoms with Crippen LogP contribution < -0.4 is 10.6 Å². The van der Waals surface area contributed by atoms with Gasteiger partial charge in [0.25, 0.3) is 0 Å². The lowest BCUT2D eigenvalue weighted by Gasteiger charge is -2.01. The number of nitrogens with one attached hydrogen (secondary N) is 2. The number of carbonyl (C=O) groups is 2. The molecule has 0 aliphatic rings. The van der Waals surface area contributed by atoms with E-state index in [4.69, 9.17) is 16.0 Å². The Balaban J connectivity index is 1.62. The largest absolute Gasteiger partial charge is 0.423 e. The van der Waals surface area contributed by atoms with E-state index in [1.165, 1.54) is 18.7 Å². The number of halogens is 1. The van der Waals surface area contributed by atoms with Gasteiger partial charge >= 0.3 is 6.01 Å². The molecule has 128 valence electrons. The summed E-state index contributed by atoms with van der Waals surface area (Å²) < 4.78 is 5.51. The van der Waals surface area contributed by atoms with E-state index in [0.717, 1.165) is 4.90 Å². The molecule has 2 aromatic carbocycles. The molecule has 25 heavy (non-hydrogen) atoms. The summed E-state index contributed by atoms with van der Waals surface area (Å²) in [5.41, 5.74) is 1.67. The summed E-state index contributed by atoms with van der Waals surface area (Å²) in [7, 11) is 0. The predicted octanol–water partition coefficient (Wildman–Crippen LogP) is 4.17. The number of nitrogens with zero attached hydrogens (tertiary/aromatic N) is 1. The monoisotopic (exact) mass is 375 g/mol. The average molecular weight is 376 g/mol.